The number of nitrogens with one attached hydrogen (secondary N) is 1. The van der Waals surface area contributed by atoms with E-state index >= 15 is 8.78 Å². The molecule has 2 amide bonds. The molecule has 1 aromatic heterocycles. The first kappa shape index (κ1) is 34.4. The van der Waals surface area contributed by atoms with Crippen molar-refractivity contribution in [2.75, 3.05) is 13.7 Å². The summed E-state index contributed by atoms with van der Waals surface area (Å²) in [4.78, 5) is 49.8. The molecular formula is C33H41F2N4O6V-. The molecule has 46 heavy (non-hydrogen) atoms. The molecule has 4 aliphatic rings. The summed E-state index contributed by atoms with van der Waals surface area (Å²) in [6.45, 7) is 7.12. The second-order valence-corrected chi connectivity index (χ2v) is 14.1. The van der Waals surface area contributed by atoms with Gasteiger partial charge in [-0.2, -0.15) is 0 Å². The zero-order chi connectivity index (χ0) is 32.2. The average molecular weight is 679 g/mol. The van der Waals surface area contributed by atoms with Crippen LogP contribution in [0.2, 0.25) is 0 Å². The molecule has 13 heteroatoms. The number of ether oxygens (including phenoxy) is 3. The molecule has 2 saturated carbocycles. The van der Waals surface area contributed by atoms with E-state index in [9.17, 15) is 14.4 Å². The normalized spacial score (nSPS) is 34.8. The number of amides is 2. The number of alkyl halides is 2. The Hall–Kier alpha value is -2.99. The predicted molar refractivity (Wildman–Crippen MR) is 160 cm³/mol. The first-order chi connectivity index (χ1) is 21.4. The standard InChI is InChI=1S/C33H41F2N4O6.V/c1-16-24(15-40)39-14-26(16)44-30-28(36-22-10-9-18(43-5)13-23(22)37-30)27(35)21(34)8-6-7-19-20-11-17(20)12-25(19)45-32(42)38-29(31(39)41)33(2,3)4;/h9-10,13,16-17,19-21,24-27,29H,6-8,11-12,14H2,1-5H3,(H,38,42);/q-1;/t16?,17?,19-,20?,21?,24-,25-,26+,27?,29-;/m1./s1. The Kier molecular flexibility index (Phi) is 9.90. The molecule has 5 unspecified atom stereocenters. The molecule has 10 nitrogen and oxygen atoms in total. The fraction of sp³-hybridized carbons (Fsp3) is 0.667. The molecule has 3 fully saturated rings. The molecule has 2 bridgehead atoms. The van der Waals surface area contributed by atoms with Crippen LogP contribution in [0.4, 0.5) is 13.6 Å². The number of benzene rings is 1. The third-order valence-electron chi connectivity index (χ3n) is 10.1. The van der Waals surface area contributed by atoms with E-state index in [0.29, 0.717) is 47.9 Å². The Morgan fingerprint density at radius 2 is 1.80 bits per heavy atom. The van der Waals surface area contributed by atoms with Crippen molar-refractivity contribution in [3.8, 4) is 11.6 Å². The summed E-state index contributed by atoms with van der Waals surface area (Å²) >= 11 is 0. The van der Waals surface area contributed by atoms with Crippen molar-refractivity contribution in [2.45, 2.75) is 96.4 Å². The van der Waals surface area contributed by atoms with Crippen molar-refractivity contribution in [2.24, 2.45) is 29.1 Å². The van der Waals surface area contributed by atoms with E-state index in [-0.39, 0.29) is 55.1 Å². The Labute approximate surface area is 279 Å². The topological polar surface area (TPSA) is 120 Å². The Morgan fingerprint density at radius 1 is 1.04 bits per heavy atom. The van der Waals surface area contributed by atoms with Crippen LogP contribution >= 0.6 is 0 Å². The molecule has 1 N–H and O–H groups in total. The largest absolute Gasteiger partial charge is 0.540 e. The van der Waals surface area contributed by atoms with Gasteiger partial charge in [-0.3, -0.25) is 4.79 Å². The first-order valence-corrected chi connectivity index (χ1v) is 15.8. The minimum absolute atomic E-state index is 0. The van der Waals surface area contributed by atoms with Crippen LogP contribution in [0, 0.1) is 29.1 Å². The van der Waals surface area contributed by atoms with Crippen LogP contribution < -0.4 is 14.8 Å². The smallest absolute Gasteiger partial charge is 0.408 e. The summed E-state index contributed by atoms with van der Waals surface area (Å²) in [6.07, 6.45) is -1.24. The van der Waals surface area contributed by atoms with Crippen LogP contribution in [0.15, 0.2) is 18.2 Å². The molecule has 2 aromatic rings. The van der Waals surface area contributed by atoms with E-state index in [1.54, 1.807) is 25.1 Å². The molecule has 2 aliphatic carbocycles. The van der Waals surface area contributed by atoms with Gasteiger partial charge >= 0.3 is 6.09 Å². The summed E-state index contributed by atoms with van der Waals surface area (Å²) in [5, 5.41) is 2.79. The summed E-state index contributed by atoms with van der Waals surface area (Å²) in [5.41, 5.74) is -0.289. The number of rotatable bonds is 2. The van der Waals surface area contributed by atoms with Crippen LogP contribution in [-0.4, -0.2) is 77.3 Å². The summed E-state index contributed by atoms with van der Waals surface area (Å²) in [6, 6.07) is 2.89. The Balaban J connectivity index is 0.00000417. The second kappa shape index (κ2) is 13.3. The molecule has 6 rings (SSSR count). The van der Waals surface area contributed by atoms with E-state index < -0.39 is 53.9 Å². The Bertz CT molecular complexity index is 1480. The molecular weight excluding hydrogens is 637 g/mol. The second-order valence-electron chi connectivity index (χ2n) is 14.1. The maximum absolute atomic E-state index is 16.0. The van der Waals surface area contributed by atoms with Gasteiger partial charge in [0.25, 0.3) is 0 Å². The quantitative estimate of drug-likeness (QED) is 0.439. The number of alkyl carbamates (subject to hydrolysis) is 1. The van der Waals surface area contributed by atoms with Gasteiger partial charge in [-0.15, -0.1) is 0 Å². The molecule has 10 atom stereocenters. The number of aromatic nitrogens is 2. The van der Waals surface area contributed by atoms with E-state index in [0.717, 1.165) is 6.42 Å². The molecule has 249 valence electrons. The summed E-state index contributed by atoms with van der Waals surface area (Å²) in [5.74, 6) is 0.117. The monoisotopic (exact) mass is 678 g/mol. The minimum Gasteiger partial charge on any atom is -0.540 e. The molecule has 2 aliphatic heterocycles. The number of carbonyl (C=O) groups is 2. The number of hydrogen-bond acceptors (Lipinski definition) is 8. The zero-order valence-electron chi connectivity index (χ0n) is 26.7. The van der Waals surface area contributed by atoms with Gasteiger partial charge in [-0.25, -0.2) is 29.8 Å². The van der Waals surface area contributed by atoms with Crippen molar-refractivity contribution in [1.82, 2.24) is 20.2 Å². The maximum atomic E-state index is 16.0. The maximum Gasteiger partial charge on any atom is 0.408 e. The van der Waals surface area contributed by atoms with Crippen LogP contribution in [0.25, 0.3) is 11.0 Å². The molecule has 3 heterocycles. The number of methoxy groups -OCH3 is 1. The van der Waals surface area contributed by atoms with Crippen molar-refractivity contribution in [3.63, 3.8) is 0 Å². The SMILES string of the molecule is COc1ccc2nc3c(nc2c1)O[C@H]1CN(C(=O)[C@H](C(C)(C)C)NC(=O)O[C@@H]2CC4CC4[C@H]2CCCC(F)C3F)[C@H]([C-]=O)C1C.[V]. The van der Waals surface area contributed by atoms with Crippen molar-refractivity contribution >= 4 is 29.3 Å². The van der Waals surface area contributed by atoms with Crippen LogP contribution in [-0.2, 0) is 32.9 Å². The van der Waals surface area contributed by atoms with E-state index in [4.69, 9.17) is 14.2 Å². The average Bonchev–Trinajstić information content (AvgIpc) is 3.58. The van der Waals surface area contributed by atoms with Gasteiger partial charge in [0.1, 0.15) is 35.9 Å². The number of fused-ring (bicyclic) bond motifs is 7. The number of carbonyl (C=O) groups excluding carboxylic acids is 3. The van der Waals surface area contributed by atoms with Gasteiger partial charge in [0.05, 0.1) is 24.7 Å². The van der Waals surface area contributed by atoms with Gasteiger partial charge in [-0.05, 0) is 66.9 Å². The molecule has 0 spiro atoms. The minimum atomic E-state index is -2.12. The van der Waals surface area contributed by atoms with Crippen molar-refractivity contribution in [1.29, 1.82) is 0 Å². The third-order valence-corrected chi connectivity index (χ3v) is 10.1. The van der Waals surface area contributed by atoms with Crippen molar-refractivity contribution in [3.05, 3.63) is 23.9 Å². The number of halogens is 2. The summed E-state index contributed by atoms with van der Waals surface area (Å²) in [7, 11) is 1.50. The predicted octanol–water partition coefficient (Wildman–Crippen LogP) is 5.04. The molecule has 1 saturated heterocycles. The van der Waals surface area contributed by atoms with E-state index in [2.05, 4.69) is 15.3 Å². The summed E-state index contributed by atoms with van der Waals surface area (Å²) < 4.78 is 49.0. The van der Waals surface area contributed by atoms with Gasteiger partial charge in [0.2, 0.25) is 11.8 Å². The zero-order valence-corrected chi connectivity index (χ0v) is 28.1. The van der Waals surface area contributed by atoms with Crippen LogP contribution in [0.3, 0.4) is 0 Å². The fourth-order valence-electron chi connectivity index (χ4n) is 7.39. The number of hydrogen-bond donors (Lipinski definition) is 1. The van der Waals surface area contributed by atoms with Crippen LogP contribution in [0.1, 0.15) is 71.7 Å². The van der Waals surface area contributed by atoms with Gasteiger partial charge < -0.3 is 29.2 Å². The Morgan fingerprint density at radius 3 is 2.50 bits per heavy atom. The van der Waals surface area contributed by atoms with Crippen molar-refractivity contribution < 1.29 is 55.9 Å². The molecule has 1 radical (unpaired) electrons. The third kappa shape index (κ3) is 6.57. The van der Waals surface area contributed by atoms with Gasteiger partial charge in [-0.1, -0.05) is 40.2 Å². The first-order valence-electron chi connectivity index (χ1n) is 15.8. The van der Waals surface area contributed by atoms with Crippen LogP contribution in [0.5, 0.6) is 11.6 Å². The number of nitrogens with zero attached hydrogens (tertiary/aromatic N) is 3. The van der Waals surface area contributed by atoms with E-state index in [1.165, 1.54) is 12.0 Å². The van der Waals surface area contributed by atoms with Gasteiger partial charge in [0, 0.05) is 24.6 Å². The fourth-order valence-corrected chi connectivity index (χ4v) is 7.39. The van der Waals surface area contributed by atoms with Gasteiger partial charge in [0.15, 0.2) is 6.17 Å². The van der Waals surface area contributed by atoms with E-state index in [1.807, 2.05) is 27.1 Å². The molecule has 1 aromatic carbocycles.